The molecule has 1 aliphatic heterocycles. The van der Waals surface area contributed by atoms with Gasteiger partial charge in [0.1, 0.15) is 6.04 Å². The molecule has 0 aromatic carbocycles. The fraction of sp³-hybridized carbons (Fsp3) is 0.857. The number of hydrogen-bond acceptors (Lipinski definition) is 2. The van der Waals surface area contributed by atoms with Gasteiger partial charge in [0.05, 0.1) is 13.2 Å². The van der Waals surface area contributed by atoms with Gasteiger partial charge in [0.25, 0.3) is 0 Å². The van der Waals surface area contributed by atoms with Gasteiger partial charge in [-0.05, 0) is 6.92 Å². The van der Waals surface area contributed by atoms with Gasteiger partial charge in [-0.25, -0.2) is 5.32 Å². The Labute approximate surface area is 66.3 Å². The predicted octanol–water partition coefficient (Wildman–Crippen LogP) is -0.874. The summed E-state index contributed by atoms with van der Waals surface area (Å²) in [5, 5.41) is 6.81. The third-order valence-electron chi connectivity index (χ3n) is 1.51. The van der Waals surface area contributed by atoms with Crippen molar-refractivity contribution in [1.82, 2.24) is 10.6 Å². The fourth-order valence-corrected chi connectivity index (χ4v) is 0.971. The molecule has 0 spiro atoms. The Kier molecular flexibility index (Phi) is 3.32. The van der Waals surface area contributed by atoms with E-state index in [0.717, 1.165) is 0 Å². The number of amides is 1. The van der Waals surface area contributed by atoms with Crippen LogP contribution in [-0.2, 0) is 9.53 Å². The van der Waals surface area contributed by atoms with Crippen molar-refractivity contribution in [3.8, 4) is 0 Å². The lowest BCUT2D eigenvalue weighted by atomic mass is 10.2. The first-order chi connectivity index (χ1) is 5.34. The molecule has 0 bridgehead atoms. The summed E-state index contributed by atoms with van der Waals surface area (Å²) in [6.07, 6.45) is 0. The molecule has 1 N–H and O–H groups in total. The Balaban J connectivity index is 2.27. The molecule has 63 valence electrons. The summed E-state index contributed by atoms with van der Waals surface area (Å²) in [6.45, 7) is 4.27. The van der Waals surface area contributed by atoms with Crippen molar-refractivity contribution >= 4 is 5.91 Å². The fourth-order valence-electron chi connectivity index (χ4n) is 0.971. The van der Waals surface area contributed by atoms with Crippen molar-refractivity contribution in [2.75, 3.05) is 26.3 Å². The quantitative estimate of drug-likeness (QED) is 0.566. The number of rotatable bonds is 2. The summed E-state index contributed by atoms with van der Waals surface area (Å²) in [5.41, 5.74) is 0. The molecule has 1 atom stereocenters. The summed E-state index contributed by atoms with van der Waals surface area (Å²) in [5.74, 6) is -0.0211. The van der Waals surface area contributed by atoms with Crippen LogP contribution in [0.15, 0.2) is 0 Å². The first kappa shape index (κ1) is 8.49. The van der Waals surface area contributed by atoms with Gasteiger partial charge in [-0.1, -0.05) is 0 Å². The number of carbonyl (C=O) groups is 1. The van der Waals surface area contributed by atoms with Gasteiger partial charge in [0, 0.05) is 13.1 Å². The standard InChI is InChI=1S/C7H13N2O2/c1-2-8-7(10)6-5-11-4-3-9-6/h6H,2-5H2,1H3,(H,8,10). The van der Waals surface area contributed by atoms with E-state index in [1.54, 1.807) is 0 Å². The van der Waals surface area contributed by atoms with Gasteiger partial charge in [0.15, 0.2) is 0 Å². The van der Waals surface area contributed by atoms with Crippen LogP contribution in [0.25, 0.3) is 0 Å². The van der Waals surface area contributed by atoms with Crippen LogP contribution >= 0.6 is 0 Å². The molecule has 1 unspecified atom stereocenters. The van der Waals surface area contributed by atoms with Gasteiger partial charge in [-0.15, -0.1) is 0 Å². The Hall–Kier alpha value is -0.610. The number of likely N-dealkylation sites (N-methyl/N-ethyl adjacent to an activating group) is 1. The average Bonchev–Trinajstić information content (AvgIpc) is 2.07. The number of carbonyl (C=O) groups excluding carboxylic acids is 1. The normalized spacial score (nSPS) is 24.6. The van der Waals surface area contributed by atoms with E-state index in [-0.39, 0.29) is 11.9 Å². The molecule has 1 rings (SSSR count). The van der Waals surface area contributed by atoms with E-state index in [2.05, 4.69) is 10.6 Å². The van der Waals surface area contributed by atoms with E-state index in [1.165, 1.54) is 0 Å². The third-order valence-corrected chi connectivity index (χ3v) is 1.51. The van der Waals surface area contributed by atoms with Gasteiger partial charge in [-0.2, -0.15) is 0 Å². The smallest absolute Gasteiger partial charge is 0.241 e. The van der Waals surface area contributed by atoms with Crippen molar-refractivity contribution in [3.63, 3.8) is 0 Å². The second-order valence-corrected chi connectivity index (χ2v) is 2.39. The molecule has 11 heavy (non-hydrogen) atoms. The lowest BCUT2D eigenvalue weighted by Crippen LogP contribution is -2.47. The van der Waals surface area contributed by atoms with Crippen molar-refractivity contribution in [2.45, 2.75) is 13.0 Å². The molecule has 0 aliphatic carbocycles. The molecule has 0 aromatic heterocycles. The van der Waals surface area contributed by atoms with Crippen LogP contribution in [0.3, 0.4) is 0 Å². The molecule has 1 aliphatic rings. The molecule has 1 saturated heterocycles. The van der Waals surface area contributed by atoms with Crippen molar-refractivity contribution in [3.05, 3.63) is 0 Å². The molecule has 4 nitrogen and oxygen atoms in total. The highest BCUT2D eigenvalue weighted by atomic mass is 16.5. The summed E-state index contributed by atoms with van der Waals surface area (Å²) in [7, 11) is 0. The van der Waals surface area contributed by atoms with Crippen molar-refractivity contribution in [1.29, 1.82) is 0 Å². The van der Waals surface area contributed by atoms with Gasteiger partial charge in [-0.3, -0.25) is 4.79 Å². The summed E-state index contributed by atoms with van der Waals surface area (Å²) in [6, 6.07) is -0.274. The van der Waals surface area contributed by atoms with Crippen LogP contribution in [0, 0.1) is 0 Å². The predicted molar refractivity (Wildman–Crippen MR) is 40.3 cm³/mol. The molecule has 1 fully saturated rings. The molecular weight excluding hydrogens is 144 g/mol. The van der Waals surface area contributed by atoms with Crippen LogP contribution in [0.5, 0.6) is 0 Å². The number of nitrogens with zero attached hydrogens (tertiary/aromatic N) is 1. The Bertz CT molecular complexity index is 132. The lowest BCUT2D eigenvalue weighted by Gasteiger charge is -2.20. The molecule has 1 amide bonds. The number of hydrogen-bond donors (Lipinski definition) is 1. The van der Waals surface area contributed by atoms with E-state index in [1.807, 2.05) is 6.92 Å². The number of morpholine rings is 1. The van der Waals surface area contributed by atoms with E-state index >= 15 is 0 Å². The van der Waals surface area contributed by atoms with Crippen LogP contribution < -0.4 is 10.6 Å². The minimum absolute atomic E-state index is 0.0211. The molecule has 1 heterocycles. The highest BCUT2D eigenvalue weighted by molar-refractivity contribution is 5.81. The molecule has 1 radical (unpaired) electrons. The molecule has 4 heteroatoms. The SMILES string of the molecule is CCNC(=O)C1COCC[N]1. The van der Waals surface area contributed by atoms with E-state index in [4.69, 9.17) is 4.74 Å². The van der Waals surface area contributed by atoms with Crippen LogP contribution in [0.4, 0.5) is 0 Å². The maximum absolute atomic E-state index is 11.1. The molecular formula is C7H13N2O2. The monoisotopic (exact) mass is 157 g/mol. The maximum Gasteiger partial charge on any atom is 0.241 e. The summed E-state index contributed by atoms with van der Waals surface area (Å²) in [4.78, 5) is 11.1. The van der Waals surface area contributed by atoms with E-state index < -0.39 is 0 Å². The Morgan fingerprint density at radius 2 is 2.64 bits per heavy atom. The molecule has 0 saturated carbocycles. The second-order valence-electron chi connectivity index (χ2n) is 2.39. The van der Waals surface area contributed by atoms with Crippen molar-refractivity contribution in [2.24, 2.45) is 0 Å². The third kappa shape index (κ3) is 2.48. The summed E-state index contributed by atoms with van der Waals surface area (Å²) < 4.78 is 5.09. The highest BCUT2D eigenvalue weighted by Crippen LogP contribution is 1.94. The first-order valence-corrected chi connectivity index (χ1v) is 3.86. The largest absolute Gasteiger partial charge is 0.378 e. The van der Waals surface area contributed by atoms with E-state index in [0.29, 0.717) is 26.3 Å². The molecule has 0 aromatic rings. The van der Waals surface area contributed by atoms with E-state index in [9.17, 15) is 4.79 Å². The zero-order valence-electron chi connectivity index (χ0n) is 6.67. The van der Waals surface area contributed by atoms with Gasteiger partial charge < -0.3 is 10.1 Å². The topological polar surface area (TPSA) is 52.4 Å². The first-order valence-electron chi connectivity index (χ1n) is 3.86. The zero-order valence-corrected chi connectivity index (χ0v) is 6.67. The average molecular weight is 157 g/mol. The van der Waals surface area contributed by atoms with Crippen LogP contribution in [0.2, 0.25) is 0 Å². The van der Waals surface area contributed by atoms with Crippen LogP contribution in [0.1, 0.15) is 6.92 Å². The number of ether oxygens (including phenoxy) is 1. The lowest BCUT2D eigenvalue weighted by molar-refractivity contribution is -0.125. The minimum atomic E-state index is -0.274. The van der Waals surface area contributed by atoms with Gasteiger partial charge >= 0.3 is 0 Å². The van der Waals surface area contributed by atoms with Gasteiger partial charge in [0.2, 0.25) is 5.91 Å². The minimum Gasteiger partial charge on any atom is -0.378 e. The Morgan fingerprint density at radius 1 is 1.82 bits per heavy atom. The highest BCUT2D eigenvalue weighted by Gasteiger charge is 2.21. The van der Waals surface area contributed by atoms with Crippen LogP contribution in [-0.4, -0.2) is 38.3 Å². The second kappa shape index (κ2) is 4.31. The zero-order chi connectivity index (χ0) is 8.10. The Morgan fingerprint density at radius 3 is 3.18 bits per heavy atom. The van der Waals surface area contributed by atoms with Crippen molar-refractivity contribution < 1.29 is 9.53 Å². The summed E-state index contributed by atoms with van der Waals surface area (Å²) >= 11 is 0. The number of nitrogens with one attached hydrogen (secondary N) is 1. The maximum atomic E-state index is 11.1.